The zero-order valence-corrected chi connectivity index (χ0v) is 10.9. The summed E-state index contributed by atoms with van der Waals surface area (Å²) in [7, 11) is 2.96. The lowest BCUT2D eigenvalue weighted by molar-refractivity contribution is -0.141. The highest BCUT2D eigenvalue weighted by atomic mass is 19.4. The fourth-order valence-electron chi connectivity index (χ4n) is 1.85. The number of nitrogens with zero attached hydrogens (tertiary/aromatic N) is 1. The minimum Gasteiger partial charge on any atom is -0.496 e. The second kappa shape index (κ2) is 5.40. The molecular formula is C14H12F3NO2. The fourth-order valence-corrected chi connectivity index (χ4v) is 1.85. The van der Waals surface area contributed by atoms with E-state index in [4.69, 9.17) is 9.47 Å². The zero-order valence-electron chi connectivity index (χ0n) is 10.9. The molecule has 6 heteroatoms. The Morgan fingerprint density at radius 2 is 1.55 bits per heavy atom. The molecule has 1 aromatic carbocycles. The second-order valence-corrected chi connectivity index (χ2v) is 3.97. The van der Waals surface area contributed by atoms with Crippen molar-refractivity contribution >= 4 is 0 Å². The van der Waals surface area contributed by atoms with Crippen LogP contribution in [0.3, 0.4) is 0 Å². The molecule has 0 atom stereocenters. The highest BCUT2D eigenvalue weighted by Gasteiger charge is 2.32. The zero-order chi connectivity index (χ0) is 14.8. The molecule has 106 valence electrons. The minimum atomic E-state index is -4.45. The molecule has 0 aliphatic heterocycles. The maximum atomic E-state index is 12.5. The minimum absolute atomic E-state index is 0.493. The van der Waals surface area contributed by atoms with Crippen LogP contribution >= 0.6 is 0 Å². The van der Waals surface area contributed by atoms with Crippen LogP contribution in [0.5, 0.6) is 11.5 Å². The molecule has 0 N–H and O–H groups in total. The summed E-state index contributed by atoms with van der Waals surface area (Å²) in [5, 5.41) is 0. The molecule has 3 nitrogen and oxygen atoms in total. The monoisotopic (exact) mass is 283 g/mol. The third kappa shape index (κ3) is 2.68. The number of hydrogen-bond acceptors (Lipinski definition) is 3. The first-order valence-corrected chi connectivity index (χ1v) is 5.72. The number of alkyl halides is 3. The largest absolute Gasteiger partial charge is 0.496 e. The molecule has 0 fully saturated rings. The van der Waals surface area contributed by atoms with Gasteiger partial charge >= 0.3 is 6.18 Å². The van der Waals surface area contributed by atoms with Crippen LogP contribution in [0.4, 0.5) is 13.2 Å². The van der Waals surface area contributed by atoms with Gasteiger partial charge in [-0.1, -0.05) is 12.1 Å². The van der Waals surface area contributed by atoms with E-state index in [0.29, 0.717) is 22.6 Å². The molecule has 0 saturated heterocycles. The van der Waals surface area contributed by atoms with Crippen LogP contribution in [0.15, 0.2) is 36.5 Å². The molecule has 0 bridgehead atoms. The first-order valence-electron chi connectivity index (χ1n) is 5.72. The Labute approximate surface area is 114 Å². The predicted octanol–water partition coefficient (Wildman–Crippen LogP) is 3.78. The van der Waals surface area contributed by atoms with E-state index in [1.807, 2.05) is 0 Å². The van der Waals surface area contributed by atoms with Gasteiger partial charge in [-0.3, -0.25) is 4.98 Å². The number of benzene rings is 1. The summed E-state index contributed by atoms with van der Waals surface area (Å²) in [6, 6.07) is 7.42. The molecule has 0 spiro atoms. The van der Waals surface area contributed by atoms with Crippen molar-refractivity contribution in [2.24, 2.45) is 0 Å². The first-order chi connectivity index (χ1) is 9.47. The van der Waals surface area contributed by atoms with Crippen LogP contribution in [-0.4, -0.2) is 19.2 Å². The normalized spacial score (nSPS) is 11.2. The highest BCUT2D eigenvalue weighted by molar-refractivity contribution is 5.76. The number of methoxy groups -OCH3 is 2. The Kier molecular flexibility index (Phi) is 3.83. The van der Waals surface area contributed by atoms with Gasteiger partial charge < -0.3 is 9.47 Å². The summed E-state index contributed by atoms with van der Waals surface area (Å²) in [5.74, 6) is 1.01. The number of rotatable bonds is 3. The molecular weight excluding hydrogens is 271 g/mol. The molecule has 1 aromatic heterocycles. The Morgan fingerprint density at radius 1 is 0.950 bits per heavy atom. The molecule has 0 unspecified atom stereocenters. The SMILES string of the molecule is COc1cccc(OC)c1-c1ccc(C(F)(F)F)nc1. The standard InChI is InChI=1S/C14H12F3NO2/c1-19-10-4-3-5-11(20-2)13(10)9-6-7-12(18-8-9)14(15,16)17/h3-8H,1-2H3. The average molecular weight is 283 g/mol. The van der Waals surface area contributed by atoms with Gasteiger partial charge in [0.25, 0.3) is 0 Å². The van der Waals surface area contributed by atoms with E-state index < -0.39 is 11.9 Å². The molecule has 2 aromatic rings. The van der Waals surface area contributed by atoms with Crippen LogP contribution in [-0.2, 0) is 6.18 Å². The third-order valence-corrected chi connectivity index (χ3v) is 2.77. The van der Waals surface area contributed by atoms with E-state index in [1.54, 1.807) is 18.2 Å². The van der Waals surface area contributed by atoms with Crippen molar-refractivity contribution < 1.29 is 22.6 Å². The van der Waals surface area contributed by atoms with Crippen molar-refractivity contribution in [2.45, 2.75) is 6.18 Å². The van der Waals surface area contributed by atoms with E-state index in [1.165, 1.54) is 20.3 Å². The molecule has 1 heterocycles. The van der Waals surface area contributed by atoms with E-state index in [-0.39, 0.29) is 0 Å². The van der Waals surface area contributed by atoms with Gasteiger partial charge in [-0.2, -0.15) is 13.2 Å². The maximum Gasteiger partial charge on any atom is 0.433 e. The third-order valence-electron chi connectivity index (χ3n) is 2.77. The summed E-state index contributed by atoms with van der Waals surface area (Å²) in [4.78, 5) is 3.44. The lowest BCUT2D eigenvalue weighted by atomic mass is 10.0. The van der Waals surface area contributed by atoms with Crippen LogP contribution in [0.25, 0.3) is 11.1 Å². The van der Waals surface area contributed by atoms with Crippen molar-refractivity contribution in [3.05, 3.63) is 42.2 Å². The van der Waals surface area contributed by atoms with E-state index >= 15 is 0 Å². The van der Waals surface area contributed by atoms with Gasteiger partial charge in [-0.15, -0.1) is 0 Å². The van der Waals surface area contributed by atoms with Crippen molar-refractivity contribution in [2.75, 3.05) is 14.2 Å². The molecule has 2 rings (SSSR count). The van der Waals surface area contributed by atoms with Crippen molar-refractivity contribution in [3.8, 4) is 22.6 Å². The summed E-state index contributed by atoms with van der Waals surface area (Å²) in [6.45, 7) is 0. The van der Waals surface area contributed by atoms with Gasteiger partial charge in [0.15, 0.2) is 0 Å². The molecule has 0 amide bonds. The second-order valence-electron chi connectivity index (χ2n) is 3.97. The summed E-state index contributed by atoms with van der Waals surface area (Å²) in [5.41, 5.74) is 0.126. The number of hydrogen-bond donors (Lipinski definition) is 0. The lowest BCUT2D eigenvalue weighted by Gasteiger charge is -2.13. The van der Waals surface area contributed by atoms with Gasteiger partial charge in [0.1, 0.15) is 17.2 Å². The molecule has 20 heavy (non-hydrogen) atoms. The van der Waals surface area contributed by atoms with Crippen molar-refractivity contribution in [1.29, 1.82) is 0 Å². The number of ether oxygens (including phenoxy) is 2. The predicted molar refractivity (Wildman–Crippen MR) is 67.8 cm³/mol. The lowest BCUT2D eigenvalue weighted by Crippen LogP contribution is -2.07. The van der Waals surface area contributed by atoms with Crippen LogP contribution in [0.1, 0.15) is 5.69 Å². The number of aromatic nitrogens is 1. The first kappa shape index (κ1) is 14.2. The Bertz CT molecular complexity index is 572. The average Bonchev–Trinajstić information content (AvgIpc) is 2.45. The highest BCUT2D eigenvalue weighted by Crippen LogP contribution is 2.38. The van der Waals surface area contributed by atoms with Crippen LogP contribution in [0, 0.1) is 0 Å². The summed E-state index contributed by atoms with van der Waals surface area (Å²) >= 11 is 0. The van der Waals surface area contributed by atoms with Gasteiger partial charge in [0.05, 0.1) is 19.8 Å². The molecule has 0 aliphatic carbocycles. The topological polar surface area (TPSA) is 31.4 Å². The summed E-state index contributed by atoms with van der Waals surface area (Å²) in [6.07, 6.45) is -3.30. The number of halogens is 3. The maximum absolute atomic E-state index is 12.5. The molecule has 0 saturated carbocycles. The van der Waals surface area contributed by atoms with Crippen molar-refractivity contribution in [3.63, 3.8) is 0 Å². The number of pyridine rings is 1. The quantitative estimate of drug-likeness (QED) is 0.859. The Morgan fingerprint density at radius 3 is 1.95 bits per heavy atom. The Balaban J connectivity index is 2.51. The van der Waals surface area contributed by atoms with E-state index in [2.05, 4.69) is 4.98 Å². The van der Waals surface area contributed by atoms with Gasteiger partial charge in [0, 0.05) is 11.8 Å². The van der Waals surface area contributed by atoms with Gasteiger partial charge in [-0.25, -0.2) is 0 Å². The smallest absolute Gasteiger partial charge is 0.433 e. The molecule has 0 radical (unpaired) electrons. The molecule has 0 aliphatic rings. The van der Waals surface area contributed by atoms with Crippen LogP contribution in [0.2, 0.25) is 0 Å². The Hall–Kier alpha value is -2.24. The summed E-state index contributed by atoms with van der Waals surface area (Å²) < 4.78 is 47.9. The fraction of sp³-hybridized carbons (Fsp3) is 0.214. The van der Waals surface area contributed by atoms with Gasteiger partial charge in [0.2, 0.25) is 0 Å². The van der Waals surface area contributed by atoms with E-state index in [0.717, 1.165) is 12.3 Å². The van der Waals surface area contributed by atoms with Crippen LogP contribution < -0.4 is 9.47 Å². The van der Waals surface area contributed by atoms with Crippen molar-refractivity contribution in [1.82, 2.24) is 4.98 Å². The van der Waals surface area contributed by atoms with E-state index in [9.17, 15) is 13.2 Å². The van der Waals surface area contributed by atoms with Gasteiger partial charge in [-0.05, 0) is 18.2 Å².